The zero-order valence-electron chi connectivity index (χ0n) is 11.5. The van der Waals surface area contributed by atoms with Crippen molar-refractivity contribution in [2.24, 2.45) is 0 Å². The molecule has 114 valence electrons. The fourth-order valence-electron chi connectivity index (χ4n) is 1.71. The third kappa shape index (κ3) is 5.44. The minimum absolute atomic E-state index is 0.0723. The van der Waals surface area contributed by atoms with Gasteiger partial charge in [-0.15, -0.1) is 0 Å². The molecular formula is C13H18N4O3S. The molecule has 0 spiro atoms. The number of nitrogen functional groups attached to an aromatic ring is 1. The molecule has 1 aromatic carbocycles. The van der Waals surface area contributed by atoms with Crippen molar-refractivity contribution in [3.05, 3.63) is 42.5 Å². The zero-order valence-corrected chi connectivity index (χ0v) is 12.3. The number of H-pyrrole nitrogens is 1. The summed E-state index contributed by atoms with van der Waals surface area (Å²) in [7, 11) is -3.36. The average Bonchev–Trinajstić information content (AvgIpc) is 2.91. The molecule has 0 saturated carbocycles. The maximum Gasteiger partial charge on any atom is 0.214 e. The van der Waals surface area contributed by atoms with E-state index in [9.17, 15) is 8.42 Å². The molecule has 0 unspecified atom stereocenters. The highest BCUT2D eigenvalue weighted by Crippen LogP contribution is 2.14. The average molecular weight is 310 g/mol. The number of sulfonamides is 1. The Balaban J connectivity index is 1.71. The molecule has 4 N–H and O–H groups in total. The van der Waals surface area contributed by atoms with Crippen LogP contribution in [-0.2, 0) is 16.4 Å². The van der Waals surface area contributed by atoms with Gasteiger partial charge in [-0.25, -0.2) is 18.1 Å². The molecule has 2 aromatic rings. The van der Waals surface area contributed by atoms with E-state index in [1.54, 1.807) is 36.8 Å². The van der Waals surface area contributed by atoms with Gasteiger partial charge >= 0.3 is 0 Å². The summed E-state index contributed by atoms with van der Waals surface area (Å²) in [6.07, 6.45) is 3.79. The quantitative estimate of drug-likeness (QED) is 0.616. The van der Waals surface area contributed by atoms with Crippen molar-refractivity contribution in [1.82, 2.24) is 14.7 Å². The Hall–Kier alpha value is -2.06. The summed E-state index contributed by atoms with van der Waals surface area (Å²) in [5, 5.41) is 0. The summed E-state index contributed by atoms with van der Waals surface area (Å²) in [6, 6.07) is 6.87. The van der Waals surface area contributed by atoms with E-state index in [0.29, 0.717) is 24.4 Å². The Morgan fingerprint density at radius 1 is 1.38 bits per heavy atom. The Morgan fingerprint density at radius 3 is 2.95 bits per heavy atom. The van der Waals surface area contributed by atoms with Gasteiger partial charge in [0.15, 0.2) is 0 Å². The first-order valence-electron chi connectivity index (χ1n) is 6.48. The highest BCUT2D eigenvalue weighted by molar-refractivity contribution is 7.89. The second-order valence-electron chi connectivity index (χ2n) is 4.46. The maximum atomic E-state index is 11.8. The van der Waals surface area contributed by atoms with Gasteiger partial charge in [0.05, 0.1) is 12.1 Å². The molecule has 21 heavy (non-hydrogen) atoms. The number of benzene rings is 1. The van der Waals surface area contributed by atoms with Gasteiger partial charge in [-0.3, -0.25) is 0 Å². The van der Waals surface area contributed by atoms with Gasteiger partial charge in [0.25, 0.3) is 0 Å². The molecule has 0 aliphatic carbocycles. The molecule has 0 fully saturated rings. The standard InChI is InChI=1S/C13H18N4O3S/c14-11-2-1-3-13(8-11)20-6-7-21(18,19)17-5-4-12-9-15-10-16-12/h1-3,8-10,17H,4-7,14H2,(H,15,16). The minimum Gasteiger partial charge on any atom is -0.492 e. The summed E-state index contributed by atoms with van der Waals surface area (Å²) in [4.78, 5) is 6.78. The van der Waals surface area contributed by atoms with Crippen LogP contribution < -0.4 is 15.2 Å². The second kappa shape index (κ2) is 7.09. The molecule has 2 rings (SSSR count). The topological polar surface area (TPSA) is 110 Å². The van der Waals surface area contributed by atoms with Gasteiger partial charge < -0.3 is 15.5 Å². The summed E-state index contributed by atoms with van der Waals surface area (Å²) < 4.78 is 31.4. The van der Waals surface area contributed by atoms with Crippen LogP contribution in [0.1, 0.15) is 5.69 Å². The lowest BCUT2D eigenvalue weighted by Gasteiger charge is -2.08. The van der Waals surface area contributed by atoms with E-state index in [0.717, 1.165) is 5.69 Å². The van der Waals surface area contributed by atoms with Gasteiger partial charge in [0, 0.05) is 36.6 Å². The molecule has 0 aliphatic rings. The third-order valence-corrected chi connectivity index (χ3v) is 4.10. The fraction of sp³-hybridized carbons (Fsp3) is 0.308. The Morgan fingerprint density at radius 2 is 2.24 bits per heavy atom. The number of nitrogens with one attached hydrogen (secondary N) is 2. The van der Waals surface area contributed by atoms with E-state index >= 15 is 0 Å². The molecule has 0 amide bonds. The highest BCUT2D eigenvalue weighted by atomic mass is 32.2. The van der Waals surface area contributed by atoms with Crippen LogP contribution in [0.15, 0.2) is 36.8 Å². The molecule has 1 heterocycles. The Bertz CT molecular complexity index is 656. The first kappa shape index (κ1) is 15.3. The van der Waals surface area contributed by atoms with E-state index in [1.165, 1.54) is 0 Å². The largest absolute Gasteiger partial charge is 0.492 e. The van der Waals surface area contributed by atoms with Gasteiger partial charge in [-0.2, -0.15) is 0 Å². The Labute approximate surface area is 123 Å². The van der Waals surface area contributed by atoms with E-state index in [4.69, 9.17) is 10.5 Å². The van der Waals surface area contributed by atoms with E-state index < -0.39 is 10.0 Å². The van der Waals surface area contributed by atoms with Gasteiger partial charge in [0.2, 0.25) is 10.0 Å². The minimum atomic E-state index is -3.36. The molecule has 0 atom stereocenters. The summed E-state index contributed by atoms with van der Waals surface area (Å²) in [5.41, 5.74) is 7.07. The van der Waals surface area contributed by atoms with Crippen molar-refractivity contribution >= 4 is 15.7 Å². The lowest BCUT2D eigenvalue weighted by atomic mass is 10.3. The van der Waals surface area contributed by atoms with Crippen LogP contribution in [0.2, 0.25) is 0 Å². The highest BCUT2D eigenvalue weighted by Gasteiger charge is 2.10. The van der Waals surface area contributed by atoms with E-state index in [2.05, 4.69) is 14.7 Å². The smallest absolute Gasteiger partial charge is 0.214 e. The monoisotopic (exact) mass is 310 g/mol. The van der Waals surface area contributed by atoms with Crippen LogP contribution in [0.3, 0.4) is 0 Å². The van der Waals surface area contributed by atoms with Crippen molar-refractivity contribution in [2.75, 3.05) is 24.6 Å². The first-order chi connectivity index (χ1) is 10.1. The zero-order chi connectivity index (χ0) is 15.1. The van der Waals surface area contributed by atoms with Crippen LogP contribution in [0, 0.1) is 0 Å². The van der Waals surface area contributed by atoms with Crippen molar-refractivity contribution < 1.29 is 13.2 Å². The van der Waals surface area contributed by atoms with Crippen LogP contribution >= 0.6 is 0 Å². The number of anilines is 1. The van der Waals surface area contributed by atoms with Gasteiger partial charge in [-0.1, -0.05) is 6.07 Å². The van der Waals surface area contributed by atoms with Gasteiger partial charge in [0.1, 0.15) is 12.4 Å². The summed E-state index contributed by atoms with van der Waals surface area (Å²) in [5.74, 6) is 0.452. The van der Waals surface area contributed by atoms with Crippen LogP contribution in [-0.4, -0.2) is 37.3 Å². The molecule has 7 nitrogen and oxygen atoms in total. The summed E-state index contributed by atoms with van der Waals surface area (Å²) in [6.45, 7) is 0.395. The van der Waals surface area contributed by atoms with Crippen LogP contribution in [0.4, 0.5) is 5.69 Å². The maximum absolute atomic E-state index is 11.8. The number of aromatic nitrogens is 2. The lowest BCUT2D eigenvalue weighted by molar-refractivity contribution is 0.340. The number of hydrogen-bond acceptors (Lipinski definition) is 5. The molecule has 1 aromatic heterocycles. The van der Waals surface area contributed by atoms with Crippen molar-refractivity contribution in [2.45, 2.75) is 6.42 Å². The molecule has 0 radical (unpaired) electrons. The SMILES string of the molecule is Nc1cccc(OCCS(=O)(=O)NCCc2cnc[nH]2)c1. The number of hydrogen-bond donors (Lipinski definition) is 3. The predicted molar refractivity (Wildman–Crippen MR) is 80.4 cm³/mol. The lowest BCUT2D eigenvalue weighted by Crippen LogP contribution is -2.30. The van der Waals surface area contributed by atoms with Gasteiger partial charge in [-0.05, 0) is 12.1 Å². The number of aromatic amines is 1. The van der Waals surface area contributed by atoms with Crippen LogP contribution in [0.5, 0.6) is 5.75 Å². The molecular weight excluding hydrogens is 292 g/mol. The van der Waals surface area contributed by atoms with Crippen molar-refractivity contribution in [3.8, 4) is 5.75 Å². The fourth-order valence-corrected chi connectivity index (χ4v) is 2.57. The number of rotatable bonds is 8. The first-order valence-corrected chi connectivity index (χ1v) is 8.13. The van der Waals surface area contributed by atoms with Crippen molar-refractivity contribution in [1.29, 1.82) is 0 Å². The van der Waals surface area contributed by atoms with Crippen molar-refractivity contribution in [3.63, 3.8) is 0 Å². The number of ether oxygens (including phenoxy) is 1. The molecule has 0 aliphatic heterocycles. The molecule has 0 bridgehead atoms. The molecule has 0 saturated heterocycles. The normalized spacial score (nSPS) is 11.4. The van der Waals surface area contributed by atoms with Crippen LogP contribution in [0.25, 0.3) is 0 Å². The summed E-state index contributed by atoms with van der Waals surface area (Å²) >= 11 is 0. The third-order valence-electron chi connectivity index (χ3n) is 2.75. The second-order valence-corrected chi connectivity index (χ2v) is 6.39. The number of nitrogens with zero attached hydrogens (tertiary/aromatic N) is 1. The van der Waals surface area contributed by atoms with E-state index in [-0.39, 0.29) is 12.4 Å². The predicted octanol–water partition coefficient (Wildman–Crippen LogP) is 0.533. The van der Waals surface area contributed by atoms with E-state index in [1.807, 2.05) is 0 Å². The number of nitrogens with two attached hydrogens (primary N) is 1. The Kier molecular flexibility index (Phi) is 5.18. The molecule has 8 heteroatoms. The number of imidazole rings is 1.